The monoisotopic (exact) mass is 332 g/mol. The van der Waals surface area contributed by atoms with Crippen LogP contribution in [0.1, 0.15) is 23.3 Å². The minimum absolute atomic E-state index is 0.0570. The van der Waals surface area contributed by atoms with Crippen LogP contribution in [0.5, 0.6) is 0 Å². The standard InChI is InChI=1S/C16H20N4O4/c1-24-16(23)11-2-6-19(7-3-11)14(21)12-9-20(10-12)15(22)13-8-17-4-5-18-13/h4-5,8,11-12H,2-3,6-7,9-10H2,1H3. The first-order valence-corrected chi connectivity index (χ1v) is 8.02. The SMILES string of the molecule is COC(=O)C1CCN(C(=O)C2CN(C(=O)c3cnccn3)C2)CC1. The Morgan fingerprint density at radius 3 is 2.38 bits per heavy atom. The first-order valence-electron chi connectivity index (χ1n) is 8.02. The quantitative estimate of drug-likeness (QED) is 0.721. The molecule has 3 heterocycles. The average molecular weight is 332 g/mol. The van der Waals surface area contributed by atoms with E-state index in [1.807, 2.05) is 0 Å². The maximum Gasteiger partial charge on any atom is 0.308 e. The van der Waals surface area contributed by atoms with Gasteiger partial charge in [-0.1, -0.05) is 0 Å². The molecule has 0 N–H and O–H groups in total. The topological polar surface area (TPSA) is 92.7 Å². The van der Waals surface area contributed by atoms with Crippen LogP contribution in [0.2, 0.25) is 0 Å². The van der Waals surface area contributed by atoms with E-state index in [0.717, 1.165) is 0 Å². The fourth-order valence-electron chi connectivity index (χ4n) is 3.13. The van der Waals surface area contributed by atoms with Gasteiger partial charge in [-0.3, -0.25) is 19.4 Å². The summed E-state index contributed by atoms with van der Waals surface area (Å²) in [5.41, 5.74) is 0.294. The number of ether oxygens (including phenoxy) is 1. The number of amides is 2. The Morgan fingerprint density at radius 2 is 1.79 bits per heavy atom. The summed E-state index contributed by atoms with van der Waals surface area (Å²) in [7, 11) is 1.39. The van der Waals surface area contributed by atoms with E-state index < -0.39 is 0 Å². The van der Waals surface area contributed by atoms with Crippen molar-refractivity contribution in [2.75, 3.05) is 33.3 Å². The van der Waals surface area contributed by atoms with Crippen molar-refractivity contribution in [2.45, 2.75) is 12.8 Å². The molecule has 1 aromatic rings. The van der Waals surface area contributed by atoms with E-state index in [4.69, 9.17) is 4.74 Å². The first kappa shape index (κ1) is 16.4. The zero-order valence-electron chi connectivity index (χ0n) is 13.6. The molecule has 8 nitrogen and oxygen atoms in total. The third-order valence-corrected chi connectivity index (χ3v) is 4.64. The lowest BCUT2D eigenvalue weighted by Crippen LogP contribution is -2.57. The molecule has 0 spiro atoms. The zero-order valence-corrected chi connectivity index (χ0v) is 13.6. The lowest BCUT2D eigenvalue weighted by atomic mass is 9.93. The van der Waals surface area contributed by atoms with Gasteiger partial charge in [0.05, 0.1) is 25.1 Å². The van der Waals surface area contributed by atoms with Crippen molar-refractivity contribution >= 4 is 17.8 Å². The number of rotatable bonds is 3. The smallest absolute Gasteiger partial charge is 0.308 e. The number of likely N-dealkylation sites (tertiary alicyclic amines) is 2. The molecule has 0 saturated carbocycles. The van der Waals surface area contributed by atoms with E-state index in [9.17, 15) is 14.4 Å². The van der Waals surface area contributed by atoms with Gasteiger partial charge < -0.3 is 14.5 Å². The predicted octanol–water partition coefficient (Wildman–Crippen LogP) is -0.0398. The molecule has 1 aromatic heterocycles. The molecular weight excluding hydrogens is 312 g/mol. The molecule has 8 heteroatoms. The highest BCUT2D eigenvalue weighted by atomic mass is 16.5. The van der Waals surface area contributed by atoms with Crippen LogP contribution in [-0.2, 0) is 14.3 Å². The number of aromatic nitrogens is 2. The third-order valence-electron chi connectivity index (χ3n) is 4.64. The van der Waals surface area contributed by atoms with Crippen LogP contribution in [0.4, 0.5) is 0 Å². The van der Waals surface area contributed by atoms with Crippen LogP contribution in [0.25, 0.3) is 0 Å². The maximum absolute atomic E-state index is 12.5. The van der Waals surface area contributed by atoms with E-state index in [2.05, 4.69) is 9.97 Å². The Bertz CT molecular complexity index is 622. The first-order chi connectivity index (χ1) is 11.6. The van der Waals surface area contributed by atoms with E-state index >= 15 is 0 Å². The average Bonchev–Trinajstić information content (AvgIpc) is 2.60. The van der Waals surface area contributed by atoms with Crippen molar-refractivity contribution < 1.29 is 19.1 Å². The number of carbonyl (C=O) groups is 3. The van der Waals surface area contributed by atoms with E-state index in [1.54, 1.807) is 9.80 Å². The summed E-state index contributed by atoms with van der Waals surface area (Å²) in [5.74, 6) is -0.625. The minimum atomic E-state index is -0.202. The lowest BCUT2D eigenvalue weighted by Gasteiger charge is -2.41. The Labute approximate surface area is 139 Å². The highest BCUT2D eigenvalue weighted by molar-refractivity contribution is 5.94. The van der Waals surface area contributed by atoms with Crippen molar-refractivity contribution in [2.24, 2.45) is 11.8 Å². The van der Waals surface area contributed by atoms with Crippen LogP contribution < -0.4 is 0 Å². The Kier molecular flexibility index (Phi) is 4.73. The van der Waals surface area contributed by atoms with Gasteiger partial charge in [-0.05, 0) is 12.8 Å². The summed E-state index contributed by atoms with van der Waals surface area (Å²) in [4.78, 5) is 47.4. The van der Waals surface area contributed by atoms with Crippen molar-refractivity contribution in [3.63, 3.8) is 0 Å². The summed E-state index contributed by atoms with van der Waals surface area (Å²) in [5, 5.41) is 0. The minimum Gasteiger partial charge on any atom is -0.469 e. The van der Waals surface area contributed by atoms with Gasteiger partial charge in [-0.2, -0.15) is 0 Å². The highest BCUT2D eigenvalue weighted by Crippen LogP contribution is 2.24. The van der Waals surface area contributed by atoms with Crippen LogP contribution in [0.15, 0.2) is 18.6 Å². The molecule has 2 aliphatic rings. The van der Waals surface area contributed by atoms with Gasteiger partial charge in [0.25, 0.3) is 5.91 Å². The van der Waals surface area contributed by atoms with E-state index in [1.165, 1.54) is 25.7 Å². The highest BCUT2D eigenvalue weighted by Gasteiger charge is 2.39. The van der Waals surface area contributed by atoms with Gasteiger partial charge in [0.15, 0.2) is 0 Å². The van der Waals surface area contributed by atoms with Crippen LogP contribution >= 0.6 is 0 Å². The number of hydrogen-bond acceptors (Lipinski definition) is 6. The Morgan fingerprint density at radius 1 is 1.08 bits per heavy atom. The molecule has 2 amide bonds. The number of esters is 1. The molecule has 3 rings (SSSR count). The number of carbonyl (C=O) groups excluding carboxylic acids is 3. The van der Waals surface area contributed by atoms with Gasteiger partial charge >= 0.3 is 5.97 Å². The molecular formula is C16H20N4O4. The van der Waals surface area contributed by atoms with Gasteiger partial charge in [-0.25, -0.2) is 4.98 Å². The van der Waals surface area contributed by atoms with Gasteiger partial charge in [0.2, 0.25) is 5.91 Å². The number of methoxy groups -OCH3 is 1. The van der Waals surface area contributed by atoms with Crippen LogP contribution in [0, 0.1) is 11.8 Å². The summed E-state index contributed by atoms with van der Waals surface area (Å²) in [6, 6.07) is 0. The van der Waals surface area contributed by atoms with Gasteiger partial charge in [0.1, 0.15) is 5.69 Å². The number of hydrogen-bond donors (Lipinski definition) is 0. The number of nitrogens with zero attached hydrogens (tertiary/aromatic N) is 4. The Hall–Kier alpha value is -2.51. The molecule has 2 saturated heterocycles. The normalized spacial score (nSPS) is 18.9. The van der Waals surface area contributed by atoms with E-state index in [0.29, 0.717) is 44.7 Å². The van der Waals surface area contributed by atoms with Crippen molar-refractivity contribution in [1.29, 1.82) is 0 Å². The zero-order chi connectivity index (χ0) is 17.1. The summed E-state index contributed by atoms with van der Waals surface area (Å²) < 4.78 is 4.75. The molecule has 0 radical (unpaired) electrons. The predicted molar refractivity (Wildman–Crippen MR) is 82.7 cm³/mol. The molecule has 128 valence electrons. The fourth-order valence-corrected chi connectivity index (χ4v) is 3.13. The van der Waals surface area contributed by atoms with Crippen molar-refractivity contribution in [1.82, 2.24) is 19.8 Å². The molecule has 0 bridgehead atoms. The van der Waals surface area contributed by atoms with Crippen molar-refractivity contribution in [3.05, 3.63) is 24.3 Å². The molecule has 0 unspecified atom stereocenters. The van der Waals surface area contributed by atoms with Crippen molar-refractivity contribution in [3.8, 4) is 0 Å². The molecule has 2 aliphatic heterocycles. The molecule has 24 heavy (non-hydrogen) atoms. The molecule has 2 fully saturated rings. The van der Waals surface area contributed by atoms with Crippen LogP contribution in [0.3, 0.4) is 0 Å². The fraction of sp³-hybridized carbons (Fsp3) is 0.562. The Balaban J connectivity index is 1.47. The summed E-state index contributed by atoms with van der Waals surface area (Å²) in [6.45, 7) is 1.94. The number of piperidine rings is 1. The lowest BCUT2D eigenvalue weighted by molar-refractivity contribution is -0.150. The second kappa shape index (κ2) is 6.94. The van der Waals surface area contributed by atoms with Gasteiger partial charge in [0, 0.05) is 38.6 Å². The van der Waals surface area contributed by atoms with E-state index in [-0.39, 0.29) is 29.6 Å². The summed E-state index contributed by atoms with van der Waals surface area (Å²) in [6.07, 6.45) is 5.67. The molecule has 0 aliphatic carbocycles. The van der Waals surface area contributed by atoms with Gasteiger partial charge in [-0.15, -0.1) is 0 Å². The largest absolute Gasteiger partial charge is 0.469 e. The molecule has 0 atom stereocenters. The molecule has 0 aromatic carbocycles. The maximum atomic E-state index is 12.5. The second-order valence-electron chi connectivity index (χ2n) is 6.12. The summed E-state index contributed by atoms with van der Waals surface area (Å²) >= 11 is 0. The van der Waals surface area contributed by atoms with Crippen LogP contribution in [-0.4, -0.2) is 70.8 Å². The second-order valence-corrected chi connectivity index (χ2v) is 6.12. The third kappa shape index (κ3) is 3.22.